The SMILES string of the molecule is CC(SCc1ncc(-c2ccc(Cl)cc2)o1)C(=O)NCC1CCCN1.Cl.Cl. The Kier molecular flexibility index (Phi) is 10.6. The minimum Gasteiger partial charge on any atom is -0.440 e. The lowest BCUT2D eigenvalue weighted by atomic mass is 10.2. The average molecular weight is 453 g/mol. The number of hydrogen-bond donors (Lipinski definition) is 2. The average Bonchev–Trinajstić information content (AvgIpc) is 3.30. The Labute approximate surface area is 181 Å². The highest BCUT2D eigenvalue weighted by Gasteiger charge is 2.18. The highest BCUT2D eigenvalue weighted by molar-refractivity contribution is 7.99. The number of nitrogens with one attached hydrogen (secondary N) is 2. The van der Waals surface area contributed by atoms with E-state index in [1.165, 1.54) is 18.2 Å². The molecule has 2 heterocycles. The summed E-state index contributed by atoms with van der Waals surface area (Å²) in [4.78, 5) is 16.4. The van der Waals surface area contributed by atoms with Gasteiger partial charge < -0.3 is 15.1 Å². The Hall–Kier alpha value is -0.920. The number of carbonyl (C=O) groups is 1. The van der Waals surface area contributed by atoms with Gasteiger partial charge in [-0.3, -0.25) is 4.79 Å². The fraction of sp³-hybridized carbons (Fsp3) is 0.444. The summed E-state index contributed by atoms with van der Waals surface area (Å²) in [5, 5.41) is 6.93. The third-order valence-corrected chi connectivity index (χ3v) is 5.57. The van der Waals surface area contributed by atoms with Crippen molar-refractivity contribution in [3.05, 3.63) is 41.4 Å². The van der Waals surface area contributed by atoms with Gasteiger partial charge in [0.15, 0.2) is 5.76 Å². The van der Waals surface area contributed by atoms with E-state index in [9.17, 15) is 4.79 Å². The summed E-state index contributed by atoms with van der Waals surface area (Å²) in [6.45, 7) is 3.65. The topological polar surface area (TPSA) is 67.2 Å². The monoisotopic (exact) mass is 451 g/mol. The van der Waals surface area contributed by atoms with Crippen molar-refractivity contribution >= 4 is 54.1 Å². The highest BCUT2D eigenvalue weighted by Crippen LogP contribution is 2.25. The van der Waals surface area contributed by atoms with E-state index in [0.29, 0.717) is 35.0 Å². The minimum absolute atomic E-state index is 0. The lowest BCUT2D eigenvalue weighted by Gasteiger charge is -2.14. The van der Waals surface area contributed by atoms with E-state index < -0.39 is 0 Å². The van der Waals surface area contributed by atoms with Crippen LogP contribution in [0.5, 0.6) is 0 Å². The summed E-state index contributed by atoms with van der Waals surface area (Å²) < 4.78 is 5.76. The number of rotatable bonds is 7. The largest absolute Gasteiger partial charge is 0.440 e. The molecule has 0 saturated carbocycles. The number of thioether (sulfide) groups is 1. The number of nitrogens with zero attached hydrogens (tertiary/aromatic N) is 1. The molecular weight excluding hydrogens is 429 g/mol. The lowest BCUT2D eigenvalue weighted by molar-refractivity contribution is -0.120. The number of carbonyl (C=O) groups excluding carboxylic acids is 1. The fourth-order valence-electron chi connectivity index (χ4n) is 2.70. The summed E-state index contributed by atoms with van der Waals surface area (Å²) in [6, 6.07) is 7.84. The predicted octanol–water partition coefficient (Wildman–Crippen LogP) is 4.33. The molecule has 1 saturated heterocycles. The molecule has 1 aromatic heterocycles. The first-order valence-electron chi connectivity index (χ1n) is 8.45. The van der Waals surface area contributed by atoms with E-state index in [1.807, 2.05) is 31.2 Å². The van der Waals surface area contributed by atoms with Crippen LogP contribution in [0.25, 0.3) is 11.3 Å². The molecule has 0 bridgehead atoms. The smallest absolute Gasteiger partial charge is 0.232 e. The number of aromatic nitrogens is 1. The molecule has 0 radical (unpaired) electrons. The summed E-state index contributed by atoms with van der Waals surface area (Å²) >= 11 is 7.42. The second-order valence-corrected chi connectivity index (χ2v) is 7.88. The molecule has 1 aromatic carbocycles. The second-order valence-electron chi connectivity index (χ2n) is 6.12. The summed E-state index contributed by atoms with van der Waals surface area (Å²) in [5.74, 6) is 1.94. The highest BCUT2D eigenvalue weighted by atomic mass is 35.5. The first kappa shape index (κ1) is 24.1. The fourth-order valence-corrected chi connectivity index (χ4v) is 3.58. The molecule has 2 N–H and O–H groups in total. The van der Waals surface area contributed by atoms with Crippen molar-refractivity contribution in [3.8, 4) is 11.3 Å². The van der Waals surface area contributed by atoms with Gasteiger partial charge in [0.25, 0.3) is 0 Å². The first-order valence-corrected chi connectivity index (χ1v) is 9.88. The van der Waals surface area contributed by atoms with Crippen molar-refractivity contribution in [2.24, 2.45) is 0 Å². The van der Waals surface area contributed by atoms with Crippen molar-refractivity contribution in [1.29, 1.82) is 0 Å². The lowest BCUT2D eigenvalue weighted by Crippen LogP contribution is -2.40. The van der Waals surface area contributed by atoms with E-state index in [4.69, 9.17) is 16.0 Å². The minimum atomic E-state index is -0.146. The molecule has 0 aliphatic carbocycles. The van der Waals surface area contributed by atoms with Gasteiger partial charge in [0, 0.05) is 23.2 Å². The second kappa shape index (κ2) is 11.8. The molecule has 1 amide bonds. The molecule has 2 unspecified atom stereocenters. The van der Waals surface area contributed by atoms with Gasteiger partial charge in [-0.2, -0.15) is 0 Å². The Morgan fingerprint density at radius 1 is 1.41 bits per heavy atom. The van der Waals surface area contributed by atoms with Gasteiger partial charge in [0.2, 0.25) is 11.8 Å². The third-order valence-electron chi connectivity index (χ3n) is 4.19. The van der Waals surface area contributed by atoms with Crippen molar-refractivity contribution < 1.29 is 9.21 Å². The van der Waals surface area contributed by atoms with Crippen LogP contribution in [-0.2, 0) is 10.5 Å². The Morgan fingerprint density at radius 3 is 2.81 bits per heavy atom. The van der Waals surface area contributed by atoms with E-state index in [2.05, 4.69) is 15.6 Å². The molecule has 0 spiro atoms. The zero-order valence-corrected chi connectivity index (χ0v) is 18.1. The van der Waals surface area contributed by atoms with Gasteiger partial charge >= 0.3 is 0 Å². The van der Waals surface area contributed by atoms with E-state index in [-0.39, 0.29) is 36.0 Å². The van der Waals surface area contributed by atoms with Crippen LogP contribution < -0.4 is 10.6 Å². The third kappa shape index (κ3) is 7.20. The maximum absolute atomic E-state index is 12.2. The molecule has 1 fully saturated rings. The maximum atomic E-state index is 12.2. The summed E-state index contributed by atoms with van der Waals surface area (Å²) in [6.07, 6.45) is 4.02. The molecule has 27 heavy (non-hydrogen) atoms. The van der Waals surface area contributed by atoms with Gasteiger partial charge in [-0.05, 0) is 50.6 Å². The van der Waals surface area contributed by atoms with Crippen molar-refractivity contribution in [1.82, 2.24) is 15.6 Å². The van der Waals surface area contributed by atoms with Crippen LogP contribution in [0.4, 0.5) is 0 Å². The first-order chi connectivity index (χ1) is 12.1. The van der Waals surface area contributed by atoms with Crippen LogP contribution in [0.3, 0.4) is 0 Å². The van der Waals surface area contributed by atoms with Crippen LogP contribution in [0.15, 0.2) is 34.9 Å². The molecule has 2 atom stereocenters. The molecule has 5 nitrogen and oxygen atoms in total. The van der Waals surface area contributed by atoms with Gasteiger partial charge in [-0.15, -0.1) is 36.6 Å². The van der Waals surface area contributed by atoms with E-state index in [0.717, 1.165) is 18.5 Å². The molecule has 150 valence electrons. The van der Waals surface area contributed by atoms with Gasteiger partial charge in [-0.25, -0.2) is 4.98 Å². The zero-order valence-electron chi connectivity index (χ0n) is 14.9. The molecule has 1 aliphatic rings. The van der Waals surface area contributed by atoms with Gasteiger partial charge in [-0.1, -0.05) is 11.6 Å². The molecule has 1 aliphatic heterocycles. The number of oxazole rings is 1. The summed E-state index contributed by atoms with van der Waals surface area (Å²) in [7, 11) is 0. The molecule has 2 aromatic rings. The zero-order chi connectivity index (χ0) is 17.6. The van der Waals surface area contributed by atoms with Crippen molar-refractivity contribution in [2.45, 2.75) is 36.8 Å². The number of benzene rings is 1. The van der Waals surface area contributed by atoms with Gasteiger partial charge in [0.1, 0.15) is 0 Å². The molecule has 9 heteroatoms. The number of halogens is 3. The quantitative estimate of drug-likeness (QED) is 0.654. The van der Waals surface area contributed by atoms with Crippen LogP contribution >= 0.6 is 48.2 Å². The van der Waals surface area contributed by atoms with Crippen LogP contribution in [0.1, 0.15) is 25.7 Å². The van der Waals surface area contributed by atoms with Crippen LogP contribution in [0.2, 0.25) is 5.02 Å². The Morgan fingerprint density at radius 2 is 2.15 bits per heavy atom. The van der Waals surface area contributed by atoms with Crippen molar-refractivity contribution in [3.63, 3.8) is 0 Å². The Balaban J connectivity index is 0.00000182. The number of hydrogen-bond acceptors (Lipinski definition) is 5. The number of amides is 1. The standard InChI is InChI=1S/C18H22ClN3O2S.2ClH/c1-12(18(23)22-9-15-3-2-8-20-15)25-11-17-21-10-16(24-17)13-4-6-14(19)7-5-13;;/h4-7,10,12,15,20H,2-3,8-9,11H2,1H3,(H,22,23);2*1H. The molecule has 3 rings (SSSR count). The normalized spacial score (nSPS) is 16.9. The van der Waals surface area contributed by atoms with Crippen molar-refractivity contribution in [2.75, 3.05) is 13.1 Å². The molecular formula is C18H24Cl3N3O2S. The van der Waals surface area contributed by atoms with E-state index in [1.54, 1.807) is 6.20 Å². The predicted molar refractivity (Wildman–Crippen MR) is 116 cm³/mol. The summed E-state index contributed by atoms with van der Waals surface area (Å²) in [5.41, 5.74) is 0.933. The van der Waals surface area contributed by atoms with Crippen LogP contribution in [-0.4, -0.2) is 35.3 Å². The van der Waals surface area contributed by atoms with Crippen LogP contribution in [0, 0.1) is 0 Å². The Bertz CT molecular complexity index is 706. The maximum Gasteiger partial charge on any atom is 0.232 e. The van der Waals surface area contributed by atoms with E-state index >= 15 is 0 Å². The van der Waals surface area contributed by atoms with Gasteiger partial charge in [0.05, 0.1) is 17.2 Å².